The molecule has 1 aromatic heterocycles. The number of nitrogens with zero attached hydrogens (tertiary/aromatic N) is 3. The number of aryl methyl sites for hydroxylation is 2. The summed E-state index contributed by atoms with van der Waals surface area (Å²) < 4.78 is 28.2. The van der Waals surface area contributed by atoms with Crippen LogP contribution in [-0.4, -0.2) is 36.2 Å². The molecule has 0 aliphatic heterocycles. The van der Waals surface area contributed by atoms with E-state index in [0.29, 0.717) is 18.7 Å². The lowest BCUT2D eigenvalue weighted by Gasteiger charge is -2.30. The molecule has 8 heteroatoms. The standard InChI is InChI=1S/C23H28N4O3S/c1-5-22(27(31(4,29)30)21-10-6-17(2)7-11-21)23(28)25-16-19-8-12-20(13-9-19)26-15-14-24-18(26)3/h6-15,22H,5,16H2,1-4H3,(H,25,28)/t22-/m1/s1. The predicted molar refractivity (Wildman–Crippen MR) is 123 cm³/mol. The number of benzene rings is 2. The quantitative estimate of drug-likeness (QED) is 0.582. The van der Waals surface area contributed by atoms with E-state index in [9.17, 15) is 13.2 Å². The molecular weight excluding hydrogens is 412 g/mol. The first-order valence-corrected chi connectivity index (χ1v) is 12.0. The summed E-state index contributed by atoms with van der Waals surface area (Å²) >= 11 is 0. The normalized spacial score (nSPS) is 12.4. The van der Waals surface area contributed by atoms with Gasteiger partial charge in [0.25, 0.3) is 0 Å². The zero-order valence-electron chi connectivity index (χ0n) is 18.2. The third-order valence-electron chi connectivity index (χ3n) is 5.13. The van der Waals surface area contributed by atoms with Crippen molar-refractivity contribution < 1.29 is 13.2 Å². The molecule has 0 saturated heterocycles. The van der Waals surface area contributed by atoms with Gasteiger partial charge in [0.1, 0.15) is 11.9 Å². The Labute approximate surface area is 183 Å². The molecule has 0 spiro atoms. The number of imidazole rings is 1. The minimum Gasteiger partial charge on any atom is -0.350 e. The summed E-state index contributed by atoms with van der Waals surface area (Å²) in [4.78, 5) is 17.2. The molecule has 164 valence electrons. The second-order valence-corrected chi connectivity index (χ2v) is 9.41. The van der Waals surface area contributed by atoms with Gasteiger partial charge >= 0.3 is 0 Å². The van der Waals surface area contributed by atoms with Crippen molar-refractivity contribution in [2.45, 2.75) is 39.8 Å². The van der Waals surface area contributed by atoms with Crippen molar-refractivity contribution >= 4 is 21.6 Å². The molecule has 31 heavy (non-hydrogen) atoms. The maximum atomic E-state index is 12.9. The molecule has 0 aliphatic carbocycles. The van der Waals surface area contributed by atoms with Crippen LogP contribution in [0.3, 0.4) is 0 Å². The van der Waals surface area contributed by atoms with Gasteiger partial charge in [0, 0.05) is 24.6 Å². The molecule has 0 saturated carbocycles. The SMILES string of the molecule is CC[C@H](C(=O)NCc1ccc(-n2ccnc2C)cc1)N(c1ccc(C)cc1)S(C)(=O)=O. The highest BCUT2D eigenvalue weighted by Gasteiger charge is 2.31. The van der Waals surface area contributed by atoms with Gasteiger partial charge in [-0.2, -0.15) is 0 Å². The van der Waals surface area contributed by atoms with E-state index in [-0.39, 0.29) is 5.91 Å². The number of hydrogen-bond donors (Lipinski definition) is 1. The van der Waals surface area contributed by atoms with Crippen LogP contribution in [0.5, 0.6) is 0 Å². The van der Waals surface area contributed by atoms with E-state index in [1.54, 1.807) is 25.3 Å². The first-order chi connectivity index (χ1) is 14.7. The lowest BCUT2D eigenvalue weighted by Crippen LogP contribution is -2.49. The van der Waals surface area contributed by atoms with Crippen LogP contribution < -0.4 is 9.62 Å². The number of anilines is 1. The molecule has 2 aromatic carbocycles. The fourth-order valence-electron chi connectivity index (χ4n) is 3.48. The molecule has 1 amide bonds. The van der Waals surface area contributed by atoms with E-state index < -0.39 is 16.1 Å². The predicted octanol–water partition coefficient (Wildman–Crippen LogP) is 3.35. The Kier molecular flexibility index (Phi) is 6.80. The van der Waals surface area contributed by atoms with E-state index in [1.165, 1.54) is 4.31 Å². The molecular formula is C23H28N4O3S. The summed E-state index contributed by atoms with van der Waals surface area (Å²) in [5.74, 6) is 0.562. The summed E-state index contributed by atoms with van der Waals surface area (Å²) in [5, 5.41) is 2.89. The maximum Gasteiger partial charge on any atom is 0.244 e. The largest absolute Gasteiger partial charge is 0.350 e. The molecule has 1 heterocycles. The van der Waals surface area contributed by atoms with Gasteiger partial charge in [0.15, 0.2) is 0 Å². The monoisotopic (exact) mass is 440 g/mol. The molecule has 0 unspecified atom stereocenters. The molecule has 3 aromatic rings. The van der Waals surface area contributed by atoms with Gasteiger partial charge in [-0.25, -0.2) is 13.4 Å². The number of nitrogens with one attached hydrogen (secondary N) is 1. The minimum absolute atomic E-state index is 0.310. The highest BCUT2D eigenvalue weighted by atomic mass is 32.2. The van der Waals surface area contributed by atoms with E-state index in [1.807, 2.05) is 61.0 Å². The number of rotatable bonds is 8. The molecule has 7 nitrogen and oxygen atoms in total. The molecule has 0 radical (unpaired) electrons. The van der Waals surface area contributed by atoms with Crippen molar-refractivity contribution in [1.29, 1.82) is 0 Å². The summed E-state index contributed by atoms with van der Waals surface area (Å²) in [5.41, 5.74) is 3.41. The first kappa shape index (κ1) is 22.6. The van der Waals surface area contributed by atoms with E-state index in [0.717, 1.165) is 28.9 Å². The van der Waals surface area contributed by atoms with Gasteiger partial charge < -0.3 is 9.88 Å². The van der Waals surface area contributed by atoms with Gasteiger partial charge in [0.2, 0.25) is 15.9 Å². The van der Waals surface area contributed by atoms with E-state index in [2.05, 4.69) is 10.3 Å². The number of sulfonamides is 1. The zero-order valence-corrected chi connectivity index (χ0v) is 19.1. The smallest absolute Gasteiger partial charge is 0.244 e. The van der Waals surface area contributed by atoms with Crippen LogP contribution in [0, 0.1) is 13.8 Å². The third kappa shape index (κ3) is 5.32. The Balaban J connectivity index is 1.74. The summed E-state index contributed by atoms with van der Waals surface area (Å²) in [6.45, 7) is 5.97. The highest BCUT2D eigenvalue weighted by molar-refractivity contribution is 7.92. The zero-order chi connectivity index (χ0) is 22.6. The fourth-order valence-corrected chi connectivity index (χ4v) is 4.70. The number of carbonyl (C=O) groups is 1. The maximum absolute atomic E-state index is 12.9. The van der Waals surface area contributed by atoms with Gasteiger partial charge in [-0.1, -0.05) is 36.8 Å². The molecule has 0 aliphatic rings. The van der Waals surface area contributed by atoms with Crippen molar-refractivity contribution in [3.05, 3.63) is 77.9 Å². The molecule has 0 bridgehead atoms. The van der Waals surface area contributed by atoms with Gasteiger partial charge in [0.05, 0.1) is 11.9 Å². The lowest BCUT2D eigenvalue weighted by molar-refractivity contribution is -0.122. The first-order valence-electron chi connectivity index (χ1n) is 10.1. The number of amides is 1. The number of carbonyl (C=O) groups excluding carboxylic acids is 1. The average Bonchev–Trinajstić information content (AvgIpc) is 3.16. The van der Waals surface area contributed by atoms with Crippen molar-refractivity contribution in [1.82, 2.24) is 14.9 Å². The highest BCUT2D eigenvalue weighted by Crippen LogP contribution is 2.23. The fraction of sp³-hybridized carbons (Fsp3) is 0.304. The van der Waals surface area contributed by atoms with Crippen molar-refractivity contribution in [2.75, 3.05) is 10.6 Å². The summed E-state index contributed by atoms with van der Waals surface area (Å²) in [7, 11) is -3.64. The van der Waals surface area contributed by atoms with Crippen molar-refractivity contribution in [2.24, 2.45) is 0 Å². The molecule has 1 atom stereocenters. The second-order valence-electron chi connectivity index (χ2n) is 7.55. The van der Waals surface area contributed by atoms with Crippen LogP contribution in [-0.2, 0) is 21.4 Å². The van der Waals surface area contributed by atoms with E-state index in [4.69, 9.17) is 0 Å². The van der Waals surface area contributed by atoms with Crippen molar-refractivity contribution in [3.8, 4) is 5.69 Å². The van der Waals surface area contributed by atoms with Crippen LogP contribution in [0.2, 0.25) is 0 Å². The van der Waals surface area contributed by atoms with Crippen LogP contribution in [0.15, 0.2) is 60.9 Å². The molecule has 0 fully saturated rings. The van der Waals surface area contributed by atoms with Crippen LogP contribution in [0.1, 0.15) is 30.3 Å². The van der Waals surface area contributed by atoms with Crippen LogP contribution in [0.25, 0.3) is 5.69 Å². The lowest BCUT2D eigenvalue weighted by atomic mass is 10.1. The Bertz CT molecular complexity index is 1140. The van der Waals surface area contributed by atoms with Crippen molar-refractivity contribution in [3.63, 3.8) is 0 Å². The number of aromatic nitrogens is 2. The number of hydrogen-bond acceptors (Lipinski definition) is 4. The summed E-state index contributed by atoms with van der Waals surface area (Å²) in [6, 6.07) is 14.1. The van der Waals surface area contributed by atoms with E-state index >= 15 is 0 Å². The van der Waals surface area contributed by atoms with Gasteiger partial charge in [-0.3, -0.25) is 9.10 Å². The molecule has 3 rings (SSSR count). The summed E-state index contributed by atoms with van der Waals surface area (Å²) in [6.07, 6.45) is 5.12. The average molecular weight is 441 g/mol. The van der Waals surface area contributed by atoms with Gasteiger partial charge in [-0.05, 0) is 50.1 Å². The Hall–Kier alpha value is -3.13. The molecule has 1 N–H and O–H groups in total. The Morgan fingerprint density at radius 3 is 2.26 bits per heavy atom. The third-order valence-corrected chi connectivity index (χ3v) is 6.31. The van der Waals surface area contributed by atoms with Gasteiger partial charge in [-0.15, -0.1) is 0 Å². The minimum atomic E-state index is -3.64. The Morgan fingerprint density at radius 2 is 1.74 bits per heavy atom. The van der Waals surface area contributed by atoms with Crippen LogP contribution in [0.4, 0.5) is 5.69 Å². The second kappa shape index (κ2) is 9.34. The Morgan fingerprint density at radius 1 is 1.10 bits per heavy atom. The van der Waals surface area contributed by atoms with Crippen LogP contribution >= 0.6 is 0 Å². The topological polar surface area (TPSA) is 84.3 Å².